The Balaban J connectivity index is 0.855. The van der Waals surface area contributed by atoms with Gasteiger partial charge in [-0.2, -0.15) is 23.5 Å². The van der Waals surface area contributed by atoms with Gasteiger partial charge in [-0.05, 0) is 111 Å². The molecule has 28 heteroatoms. The first-order valence-corrected chi connectivity index (χ1v) is 26.8. The topological polar surface area (TPSA) is 362 Å². The van der Waals surface area contributed by atoms with E-state index in [0.717, 1.165) is 26.2 Å². The molecule has 5 rings (SSSR count). The number of rotatable bonds is 28. The second kappa shape index (κ2) is 32.8. The number of nitrogens with zero attached hydrogens (tertiary/aromatic N) is 2. The summed E-state index contributed by atoms with van der Waals surface area (Å²) in [5.41, 5.74) is 13.5. The molecule has 1 aliphatic rings. The van der Waals surface area contributed by atoms with Gasteiger partial charge in [-0.3, -0.25) is 60.1 Å². The summed E-state index contributed by atoms with van der Waals surface area (Å²) in [5.74, 6) is -5.05. The molecule has 0 bridgehead atoms. The van der Waals surface area contributed by atoms with E-state index in [9.17, 15) is 47.9 Å². The summed E-state index contributed by atoms with van der Waals surface area (Å²) in [6, 6.07) is 24.6. The Hall–Kier alpha value is -8.60. The smallest absolute Gasteiger partial charge is 0.327 e. The van der Waals surface area contributed by atoms with Crippen LogP contribution in [0.4, 0.5) is 55.1 Å². The van der Waals surface area contributed by atoms with Crippen molar-refractivity contribution in [3.8, 4) is 0 Å². The molecule has 0 saturated carbocycles. The summed E-state index contributed by atoms with van der Waals surface area (Å²) in [7, 11) is 0. The van der Waals surface area contributed by atoms with Gasteiger partial charge in [-0.25, -0.2) is 9.59 Å². The molecule has 78 heavy (non-hydrogen) atoms. The Bertz CT molecular complexity index is 2530. The van der Waals surface area contributed by atoms with E-state index in [1.165, 1.54) is 23.5 Å². The number of carboxylic acid groups (broad SMARTS) is 2. The van der Waals surface area contributed by atoms with E-state index in [2.05, 4.69) is 74.0 Å². The number of carboxylic acids is 2. The van der Waals surface area contributed by atoms with Crippen molar-refractivity contribution >= 4 is 128 Å². The third kappa shape index (κ3) is 23.9. The largest absolute Gasteiger partial charge is 0.481 e. The maximum Gasteiger partial charge on any atom is 0.327 e. The highest BCUT2D eigenvalue weighted by Gasteiger charge is 2.19. The van der Waals surface area contributed by atoms with Gasteiger partial charge in [0.2, 0.25) is 11.8 Å². The Kier molecular flexibility index (Phi) is 25.3. The van der Waals surface area contributed by atoms with Crippen LogP contribution in [0, 0.1) is 0 Å². The number of carbonyl (C=O) groups excluding carboxylic acids is 8. The second-order valence-electron chi connectivity index (χ2n) is 17.0. The zero-order valence-corrected chi connectivity index (χ0v) is 43.9. The van der Waals surface area contributed by atoms with E-state index in [0.29, 0.717) is 96.0 Å². The van der Waals surface area contributed by atoms with Crippen LogP contribution in [0.2, 0.25) is 0 Å². The minimum absolute atomic E-state index is 0.0398. The number of piperazine rings is 1. The molecular formula is C50H62N14O12S2. The number of carbonyl (C=O) groups is 10. The highest BCUT2D eigenvalue weighted by atomic mass is 32.2. The molecule has 0 aliphatic carbocycles. The Morgan fingerprint density at radius 1 is 0.423 bits per heavy atom. The Morgan fingerprint density at radius 3 is 1.12 bits per heavy atom. The molecule has 1 saturated heterocycles. The fourth-order valence-electron chi connectivity index (χ4n) is 7.03. The fraction of sp³-hybridized carbons (Fsp3) is 0.320. The lowest BCUT2D eigenvalue weighted by Gasteiger charge is -2.34. The van der Waals surface area contributed by atoms with Crippen molar-refractivity contribution in [2.45, 2.75) is 25.7 Å². The van der Waals surface area contributed by atoms with Crippen molar-refractivity contribution in [3.63, 3.8) is 0 Å². The quantitative estimate of drug-likeness (QED) is 0.0220. The molecule has 0 unspecified atom stereocenters. The van der Waals surface area contributed by atoms with Crippen LogP contribution < -0.4 is 64.2 Å². The number of urea groups is 2. The van der Waals surface area contributed by atoms with Crippen LogP contribution >= 0.6 is 23.5 Å². The maximum absolute atomic E-state index is 12.6. The molecule has 1 fully saturated rings. The van der Waals surface area contributed by atoms with E-state index < -0.39 is 47.6 Å². The first kappa shape index (κ1) is 60.3. The van der Waals surface area contributed by atoms with Gasteiger partial charge in [0.25, 0.3) is 0 Å². The number of hydrogen-bond donors (Lipinski definition) is 14. The third-order valence-electron chi connectivity index (χ3n) is 10.9. The average Bonchev–Trinajstić information content (AvgIpc) is 3.41. The highest BCUT2D eigenvalue weighted by Crippen LogP contribution is 2.20. The van der Waals surface area contributed by atoms with Gasteiger partial charge in [0, 0.05) is 84.9 Å². The minimum atomic E-state index is -0.932. The molecular weight excluding hydrogens is 1050 g/mol. The third-order valence-corrected chi connectivity index (χ3v) is 12.8. The molecule has 0 radical (unpaired) electrons. The number of hydrazine groups is 2. The van der Waals surface area contributed by atoms with Gasteiger partial charge in [-0.15, -0.1) is 0 Å². The molecule has 0 atom stereocenters. The summed E-state index contributed by atoms with van der Waals surface area (Å²) >= 11 is 2.40. The summed E-state index contributed by atoms with van der Waals surface area (Å²) in [6.45, 7) is 5.22. The van der Waals surface area contributed by atoms with Gasteiger partial charge < -0.3 is 62.5 Å². The monoisotopic (exact) mass is 1110 g/mol. The highest BCUT2D eigenvalue weighted by molar-refractivity contribution is 8.00. The van der Waals surface area contributed by atoms with Crippen LogP contribution in [0.3, 0.4) is 0 Å². The van der Waals surface area contributed by atoms with Gasteiger partial charge in [0.1, 0.15) is 0 Å². The fourth-order valence-corrected chi connectivity index (χ4v) is 8.47. The number of hydrogen-bond acceptors (Lipinski definition) is 16. The van der Waals surface area contributed by atoms with E-state index in [1.807, 2.05) is 0 Å². The molecule has 1 heterocycles. The number of nitrogens with one attached hydrogen (secondary N) is 12. The summed E-state index contributed by atoms with van der Waals surface area (Å²) < 4.78 is 0. The lowest BCUT2D eigenvalue weighted by atomic mass is 10.2. The van der Waals surface area contributed by atoms with Crippen LogP contribution in [0.1, 0.15) is 25.7 Å². The SMILES string of the molecule is O=C(O)CCSCC(=O)Nc1cccc(NC(=O)Nc2ccc(NNC(=O)C(=O)NCCCN3CCN(CCCNC(=O)C(=O)NNc4ccc(NC(=O)Nc5cccc(NC(=O)CSCCC(=O)O)c5)cc4)CC3)cc2)c1. The maximum atomic E-state index is 12.6. The zero-order chi connectivity index (χ0) is 56.1. The van der Waals surface area contributed by atoms with Crippen molar-refractivity contribution in [1.82, 2.24) is 31.3 Å². The number of benzene rings is 4. The first-order chi connectivity index (χ1) is 37.6. The number of thioether (sulfide) groups is 2. The Morgan fingerprint density at radius 2 is 0.756 bits per heavy atom. The summed E-state index contributed by atoms with van der Waals surface area (Å²) in [4.78, 5) is 125. The van der Waals surface area contributed by atoms with Crippen molar-refractivity contribution in [3.05, 3.63) is 97.1 Å². The average molecular weight is 1120 g/mol. The molecule has 10 amide bonds. The van der Waals surface area contributed by atoms with Gasteiger partial charge >= 0.3 is 47.6 Å². The molecule has 0 aromatic heterocycles. The zero-order valence-electron chi connectivity index (χ0n) is 42.2. The predicted octanol–water partition coefficient (Wildman–Crippen LogP) is 3.48. The van der Waals surface area contributed by atoms with Crippen LogP contribution in [-0.4, -0.2) is 155 Å². The van der Waals surface area contributed by atoms with Gasteiger partial charge in [0.05, 0.1) is 35.7 Å². The van der Waals surface area contributed by atoms with Crippen molar-refractivity contribution in [1.29, 1.82) is 0 Å². The molecule has 416 valence electrons. The first-order valence-electron chi connectivity index (χ1n) is 24.4. The lowest BCUT2D eigenvalue weighted by Crippen LogP contribution is -2.48. The molecule has 14 N–H and O–H groups in total. The minimum Gasteiger partial charge on any atom is -0.481 e. The van der Waals surface area contributed by atoms with Crippen LogP contribution in [0.15, 0.2) is 97.1 Å². The van der Waals surface area contributed by atoms with E-state index in [4.69, 9.17) is 10.2 Å². The van der Waals surface area contributed by atoms with E-state index >= 15 is 0 Å². The normalized spacial score (nSPS) is 12.1. The van der Waals surface area contributed by atoms with Crippen LogP contribution in [0.25, 0.3) is 0 Å². The number of aliphatic carboxylic acids is 2. The standard InChI is InChI=1S/C50H62N14O12S2/c65-41(31-77-27-17-43(67)68)53-37-5-1-7-39(29-37)57-49(75)55-33-9-13-35(14-10-33)59-61-47(73)45(71)51-19-3-21-63-23-25-64(26-24-63)22-4-20-52-46(72)48(74)62-60-36-15-11-34(12-16-36)56-50(76)58-40-8-2-6-38(30-40)54-42(66)32-78-28-18-44(69)70/h1-2,5-16,29-30,59-60H,3-4,17-28,31-32H2,(H,51,71)(H,52,72)(H,53,65)(H,54,66)(H,61,73)(H,62,74)(H,67,68)(H,69,70)(H2,55,57,75)(H2,56,58,76). The van der Waals surface area contributed by atoms with Gasteiger partial charge in [-0.1, -0.05) is 12.1 Å². The molecule has 4 aromatic rings. The second-order valence-corrected chi connectivity index (χ2v) is 19.2. The predicted molar refractivity (Wildman–Crippen MR) is 299 cm³/mol. The van der Waals surface area contributed by atoms with Crippen LogP contribution in [0.5, 0.6) is 0 Å². The van der Waals surface area contributed by atoms with Crippen molar-refractivity contribution < 1.29 is 58.2 Å². The van der Waals surface area contributed by atoms with Crippen molar-refractivity contribution in [2.24, 2.45) is 0 Å². The van der Waals surface area contributed by atoms with E-state index in [-0.39, 0.29) is 36.2 Å². The molecule has 1 aliphatic heterocycles. The summed E-state index contributed by atoms with van der Waals surface area (Å²) in [6.07, 6.45) is 1.17. The van der Waals surface area contributed by atoms with Crippen molar-refractivity contribution in [2.75, 3.05) is 118 Å². The molecule has 4 aromatic carbocycles. The molecule has 26 nitrogen and oxygen atoms in total. The lowest BCUT2D eigenvalue weighted by molar-refractivity contribution is -0.138. The Labute approximate surface area is 457 Å². The number of amides is 10. The molecule has 0 spiro atoms. The van der Waals surface area contributed by atoms with Crippen LogP contribution in [-0.2, 0) is 38.4 Å². The summed E-state index contributed by atoms with van der Waals surface area (Å²) in [5, 5.41) is 38.8. The van der Waals surface area contributed by atoms with E-state index in [1.54, 1.807) is 97.1 Å². The number of anilines is 8. The van der Waals surface area contributed by atoms with Gasteiger partial charge in [0.15, 0.2) is 0 Å².